The van der Waals surface area contributed by atoms with Gasteiger partial charge in [0.15, 0.2) is 0 Å². The van der Waals surface area contributed by atoms with Crippen molar-refractivity contribution in [2.24, 2.45) is 0 Å². The van der Waals surface area contributed by atoms with E-state index in [0.717, 1.165) is 10.9 Å². The molecule has 4 aromatic rings. The monoisotopic (exact) mass is 443 g/mol. The van der Waals surface area contributed by atoms with Gasteiger partial charge in [0, 0.05) is 41.8 Å². The molecular weight excluding hydrogens is 418 g/mol. The number of hydrogen-bond acceptors (Lipinski definition) is 7. The predicted molar refractivity (Wildman–Crippen MR) is 126 cm³/mol. The van der Waals surface area contributed by atoms with Gasteiger partial charge in [0.25, 0.3) is 0 Å². The molecule has 0 radical (unpaired) electrons. The van der Waals surface area contributed by atoms with E-state index in [0.29, 0.717) is 35.5 Å². The Balaban J connectivity index is 1.64. The van der Waals surface area contributed by atoms with E-state index in [1.165, 1.54) is 0 Å². The third-order valence-electron chi connectivity index (χ3n) is 5.18. The van der Waals surface area contributed by atoms with Crippen molar-refractivity contribution in [3.63, 3.8) is 0 Å². The van der Waals surface area contributed by atoms with E-state index in [1.54, 1.807) is 36.8 Å². The first-order valence-electron chi connectivity index (χ1n) is 10.8. The van der Waals surface area contributed by atoms with Gasteiger partial charge < -0.3 is 19.9 Å². The molecule has 0 saturated carbocycles. The summed E-state index contributed by atoms with van der Waals surface area (Å²) in [4.78, 5) is 21.0. The van der Waals surface area contributed by atoms with Crippen LogP contribution in [0.2, 0.25) is 0 Å². The number of fused-ring (bicyclic) bond motifs is 1. The Bertz CT molecular complexity index is 1230. The molecule has 4 rings (SSSR count). The molecule has 0 aliphatic carbocycles. The van der Waals surface area contributed by atoms with Gasteiger partial charge in [-0.1, -0.05) is 30.3 Å². The highest BCUT2D eigenvalue weighted by molar-refractivity contribution is 5.90. The summed E-state index contributed by atoms with van der Waals surface area (Å²) in [7, 11) is 0. The van der Waals surface area contributed by atoms with Gasteiger partial charge in [-0.2, -0.15) is 0 Å². The molecule has 33 heavy (non-hydrogen) atoms. The largest absolute Gasteiger partial charge is 0.505 e. The van der Waals surface area contributed by atoms with Crippen molar-refractivity contribution in [2.75, 3.05) is 25.1 Å². The Labute approximate surface area is 192 Å². The van der Waals surface area contributed by atoms with Crippen LogP contribution in [0.3, 0.4) is 0 Å². The number of hydrogen-bond donors (Lipinski definition) is 2. The summed E-state index contributed by atoms with van der Waals surface area (Å²) in [6, 6.07) is 17.9. The number of carbonyl (C=O) groups excluding carboxylic acids is 1. The van der Waals surface area contributed by atoms with Crippen LogP contribution in [0.4, 0.5) is 5.69 Å². The maximum Gasteiger partial charge on any atom is 0.338 e. The molecule has 0 bridgehead atoms. The first kappa shape index (κ1) is 22.2. The molecular formula is C26H25N3O4. The second-order valence-electron chi connectivity index (χ2n) is 7.36. The van der Waals surface area contributed by atoms with Gasteiger partial charge in [-0.05, 0) is 42.8 Å². The Hall–Kier alpha value is -3.97. The van der Waals surface area contributed by atoms with Crippen molar-refractivity contribution in [3.8, 4) is 5.75 Å². The molecule has 0 amide bonds. The number of esters is 1. The molecule has 0 spiro atoms. The number of pyridine rings is 2. The maximum atomic E-state index is 12.4. The maximum absolute atomic E-state index is 12.4. The molecule has 168 valence electrons. The summed E-state index contributed by atoms with van der Waals surface area (Å²) in [5.41, 5.74) is 3.15. The quantitative estimate of drug-likeness (QED) is 0.285. The zero-order valence-corrected chi connectivity index (χ0v) is 18.3. The summed E-state index contributed by atoms with van der Waals surface area (Å²) in [5, 5.41) is 15.3. The number of phenolic OH excluding ortho intramolecular Hbond substituents is 1. The Morgan fingerprint density at radius 2 is 1.94 bits per heavy atom. The van der Waals surface area contributed by atoms with Gasteiger partial charge in [-0.3, -0.25) is 9.97 Å². The lowest BCUT2D eigenvalue weighted by Gasteiger charge is -2.22. The minimum Gasteiger partial charge on any atom is -0.505 e. The molecule has 0 saturated heterocycles. The van der Waals surface area contributed by atoms with Crippen LogP contribution < -0.4 is 5.32 Å². The lowest BCUT2D eigenvalue weighted by molar-refractivity contribution is 0.0335. The number of phenols is 1. The Morgan fingerprint density at radius 1 is 1.06 bits per heavy atom. The van der Waals surface area contributed by atoms with E-state index in [4.69, 9.17) is 9.47 Å². The average Bonchev–Trinajstić information content (AvgIpc) is 2.86. The third-order valence-corrected chi connectivity index (χ3v) is 5.18. The molecule has 2 heterocycles. The zero-order chi connectivity index (χ0) is 23.0. The minimum atomic E-state index is -0.422. The summed E-state index contributed by atoms with van der Waals surface area (Å²) in [5.74, 6) is -0.324. The van der Waals surface area contributed by atoms with E-state index in [9.17, 15) is 9.90 Å². The third kappa shape index (κ3) is 5.27. The van der Waals surface area contributed by atoms with Crippen molar-refractivity contribution < 1.29 is 19.4 Å². The topological polar surface area (TPSA) is 93.6 Å². The lowest BCUT2D eigenvalue weighted by Crippen LogP contribution is -2.14. The number of rotatable bonds is 9. The number of nitrogens with zero attached hydrogens (tertiary/aromatic N) is 2. The summed E-state index contributed by atoms with van der Waals surface area (Å²) in [6.07, 6.45) is 5.09. The van der Waals surface area contributed by atoms with Crippen LogP contribution in [0.5, 0.6) is 5.75 Å². The van der Waals surface area contributed by atoms with E-state index in [1.807, 2.05) is 49.4 Å². The van der Waals surface area contributed by atoms with Crippen LogP contribution in [0, 0.1) is 0 Å². The molecule has 7 heteroatoms. The van der Waals surface area contributed by atoms with E-state index in [2.05, 4.69) is 15.3 Å². The fourth-order valence-corrected chi connectivity index (χ4v) is 3.59. The summed E-state index contributed by atoms with van der Waals surface area (Å²) >= 11 is 0. The standard InChI is InChI=1S/C26H25N3O4/c1-2-32-14-15-33-26(31)19-6-3-9-21(16-19)29-23(20-8-4-12-27-17-20)22-11-10-18-7-5-13-28-24(18)25(22)30/h3-13,16-17,23,29-30H,2,14-15H2,1H3. The average molecular weight is 444 g/mol. The number of benzene rings is 2. The fourth-order valence-electron chi connectivity index (χ4n) is 3.59. The van der Waals surface area contributed by atoms with Gasteiger partial charge in [0.05, 0.1) is 18.2 Å². The highest BCUT2D eigenvalue weighted by atomic mass is 16.6. The zero-order valence-electron chi connectivity index (χ0n) is 18.3. The molecule has 0 aliphatic rings. The number of carbonyl (C=O) groups is 1. The highest BCUT2D eigenvalue weighted by Crippen LogP contribution is 2.36. The molecule has 7 nitrogen and oxygen atoms in total. The van der Waals surface area contributed by atoms with Gasteiger partial charge in [-0.15, -0.1) is 0 Å². The number of aromatic nitrogens is 2. The molecule has 0 aliphatic heterocycles. The van der Waals surface area contributed by atoms with Crippen molar-refractivity contribution in [2.45, 2.75) is 13.0 Å². The van der Waals surface area contributed by atoms with Crippen molar-refractivity contribution in [3.05, 3.63) is 95.9 Å². The first-order valence-corrected chi connectivity index (χ1v) is 10.8. The summed E-state index contributed by atoms with van der Waals surface area (Å²) < 4.78 is 10.5. The van der Waals surface area contributed by atoms with Crippen molar-refractivity contribution in [1.29, 1.82) is 0 Å². The van der Waals surface area contributed by atoms with Crippen LogP contribution in [-0.4, -0.2) is 40.9 Å². The van der Waals surface area contributed by atoms with Gasteiger partial charge in [0.1, 0.15) is 17.9 Å². The van der Waals surface area contributed by atoms with Crippen LogP contribution >= 0.6 is 0 Å². The lowest BCUT2D eigenvalue weighted by atomic mass is 9.97. The van der Waals surface area contributed by atoms with Crippen molar-refractivity contribution in [1.82, 2.24) is 9.97 Å². The van der Waals surface area contributed by atoms with Crippen LogP contribution in [0.25, 0.3) is 10.9 Å². The van der Waals surface area contributed by atoms with Crippen LogP contribution in [0.1, 0.15) is 34.5 Å². The van der Waals surface area contributed by atoms with E-state index in [-0.39, 0.29) is 12.4 Å². The molecule has 1 unspecified atom stereocenters. The number of aromatic hydroxyl groups is 1. The normalized spacial score (nSPS) is 11.8. The number of anilines is 1. The van der Waals surface area contributed by atoms with Crippen LogP contribution in [0.15, 0.2) is 79.3 Å². The molecule has 1 atom stereocenters. The highest BCUT2D eigenvalue weighted by Gasteiger charge is 2.20. The molecule has 2 aromatic heterocycles. The van der Waals surface area contributed by atoms with E-state index < -0.39 is 12.0 Å². The first-order chi connectivity index (χ1) is 16.2. The van der Waals surface area contributed by atoms with Crippen LogP contribution in [-0.2, 0) is 9.47 Å². The fraction of sp³-hybridized carbons (Fsp3) is 0.192. The number of nitrogens with one attached hydrogen (secondary N) is 1. The SMILES string of the molecule is CCOCCOC(=O)c1cccc(NC(c2cccnc2)c2ccc3cccnc3c2O)c1. The molecule has 2 aromatic carbocycles. The Kier molecular flexibility index (Phi) is 7.12. The molecule has 0 fully saturated rings. The second-order valence-corrected chi connectivity index (χ2v) is 7.36. The van der Waals surface area contributed by atoms with Gasteiger partial charge in [0.2, 0.25) is 0 Å². The second kappa shape index (κ2) is 10.6. The Morgan fingerprint density at radius 3 is 2.76 bits per heavy atom. The van der Waals surface area contributed by atoms with Crippen molar-refractivity contribution >= 4 is 22.6 Å². The predicted octanol–water partition coefficient (Wildman–Crippen LogP) is 4.73. The van der Waals surface area contributed by atoms with Gasteiger partial charge >= 0.3 is 5.97 Å². The minimum absolute atomic E-state index is 0.0981. The van der Waals surface area contributed by atoms with Gasteiger partial charge in [-0.25, -0.2) is 4.79 Å². The smallest absolute Gasteiger partial charge is 0.338 e. The number of ether oxygens (including phenoxy) is 2. The summed E-state index contributed by atoms with van der Waals surface area (Å²) in [6.45, 7) is 3.02. The molecule has 2 N–H and O–H groups in total. The van der Waals surface area contributed by atoms with E-state index >= 15 is 0 Å².